The van der Waals surface area contributed by atoms with Crippen LogP contribution in [0.1, 0.15) is 5.56 Å². The number of para-hydroxylation sites is 1. The summed E-state index contributed by atoms with van der Waals surface area (Å²) in [5.41, 5.74) is 2.20. The summed E-state index contributed by atoms with van der Waals surface area (Å²) >= 11 is -1.96. The molecule has 0 amide bonds. The Balaban J connectivity index is 2.11. The monoisotopic (exact) mass is 255 g/mol. The molecule has 1 heterocycles. The molecule has 1 aromatic carbocycles. The van der Waals surface area contributed by atoms with Gasteiger partial charge in [-0.25, -0.2) is 8.93 Å². The normalized spacial score (nSPS) is 18.1. The first kappa shape index (κ1) is 12.5. The highest BCUT2D eigenvalue weighted by atomic mass is 32.2. The summed E-state index contributed by atoms with van der Waals surface area (Å²) < 4.78 is 21.9. The molecule has 1 saturated heterocycles. The number of nitrogens with zero attached hydrogens (tertiary/aromatic N) is 1. The quantitative estimate of drug-likeness (QED) is 0.678. The number of rotatable bonds is 4. The molecule has 0 aliphatic carbocycles. The van der Waals surface area contributed by atoms with E-state index in [9.17, 15) is 4.21 Å². The van der Waals surface area contributed by atoms with Crippen LogP contribution in [-0.4, -0.2) is 34.9 Å². The molecule has 1 aromatic rings. The number of benzene rings is 1. The van der Waals surface area contributed by atoms with E-state index in [1.807, 2.05) is 18.2 Å². The number of piperazine rings is 1. The van der Waals surface area contributed by atoms with Crippen molar-refractivity contribution >= 4 is 17.0 Å². The number of hydrogen-bond donors (Lipinski definition) is 3. The van der Waals surface area contributed by atoms with Gasteiger partial charge in [-0.05, 0) is 11.6 Å². The highest BCUT2D eigenvalue weighted by Gasteiger charge is 2.13. The van der Waals surface area contributed by atoms with Gasteiger partial charge < -0.3 is 10.2 Å². The molecule has 1 fully saturated rings. The third kappa shape index (κ3) is 3.50. The zero-order chi connectivity index (χ0) is 12.1. The van der Waals surface area contributed by atoms with Gasteiger partial charge in [0, 0.05) is 38.4 Å². The highest BCUT2D eigenvalue weighted by Crippen LogP contribution is 2.20. The van der Waals surface area contributed by atoms with E-state index in [4.69, 9.17) is 4.55 Å². The lowest BCUT2D eigenvalue weighted by Gasteiger charge is -2.31. The minimum Gasteiger partial charge on any atom is -0.369 e. The van der Waals surface area contributed by atoms with Crippen LogP contribution >= 0.6 is 0 Å². The second-order valence-corrected chi connectivity index (χ2v) is 4.72. The van der Waals surface area contributed by atoms with Crippen molar-refractivity contribution in [1.82, 2.24) is 10.0 Å². The van der Waals surface area contributed by atoms with Gasteiger partial charge in [-0.2, -0.15) is 0 Å². The Kier molecular flexibility index (Phi) is 4.49. The molecule has 0 bridgehead atoms. The molecule has 0 aromatic heterocycles. The van der Waals surface area contributed by atoms with Gasteiger partial charge in [0.1, 0.15) is 0 Å². The Bertz CT molecular complexity index is 394. The van der Waals surface area contributed by atoms with Gasteiger partial charge in [0.15, 0.2) is 0 Å². The maximum atomic E-state index is 10.6. The number of nitrogens with one attached hydrogen (secondary N) is 2. The molecule has 6 heteroatoms. The first-order chi connectivity index (χ1) is 8.27. The van der Waals surface area contributed by atoms with Crippen LogP contribution < -0.4 is 14.9 Å². The van der Waals surface area contributed by atoms with Gasteiger partial charge in [0.25, 0.3) is 0 Å². The van der Waals surface area contributed by atoms with Crippen LogP contribution in [0.3, 0.4) is 0 Å². The predicted molar refractivity (Wildman–Crippen MR) is 69.1 cm³/mol. The van der Waals surface area contributed by atoms with Crippen molar-refractivity contribution < 1.29 is 8.76 Å². The Morgan fingerprint density at radius 3 is 2.76 bits per heavy atom. The van der Waals surface area contributed by atoms with Gasteiger partial charge in [-0.1, -0.05) is 18.2 Å². The SMILES string of the molecule is O=S(O)NCc1ccccc1N1CCNCC1. The van der Waals surface area contributed by atoms with E-state index in [2.05, 4.69) is 21.0 Å². The topological polar surface area (TPSA) is 64.6 Å². The fraction of sp³-hybridized carbons (Fsp3) is 0.455. The third-order valence-corrected chi connectivity index (χ3v) is 3.23. The van der Waals surface area contributed by atoms with Gasteiger partial charge in [0.2, 0.25) is 11.3 Å². The molecular formula is C11H17N3O2S. The molecule has 1 aliphatic rings. The molecule has 0 saturated carbocycles. The van der Waals surface area contributed by atoms with Crippen molar-refractivity contribution in [2.45, 2.75) is 6.54 Å². The molecule has 94 valence electrons. The van der Waals surface area contributed by atoms with Crippen molar-refractivity contribution in [3.8, 4) is 0 Å². The standard InChI is InChI=1S/C11H17N3O2S/c15-17(16)13-9-10-3-1-2-4-11(10)14-7-5-12-6-8-14/h1-4,12-13H,5-9H2,(H,15,16). The molecule has 2 rings (SSSR count). The van der Waals surface area contributed by atoms with E-state index in [0.717, 1.165) is 37.4 Å². The average Bonchev–Trinajstić information content (AvgIpc) is 2.38. The summed E-state index contributed by atoms with van der Waals surface area (Å²) in [7, 11) is 0. The van der Waals surface area contributed by atoms with E-state index in [1.54, 1.807) is 0 Å². The first-order valence-electron chi connectivity index (χ1n) is 5.65. The number of anilines is 1. The van der Waals surface area contributed by atoms with Crippen LogP contribution in [0.25, 0.3) is 0 Å². The van der Waals surface area contributed by atoms with E-state index in [0.29, 0.717) is 6.54 Å². The largest absolute Gasteiger partial charge is 0.369 e. The summed E-state index contributed by atoms with van der Waals surface area (Å²) in [6.45, 7) is 4.31. The lowest BCUT2D eigenvalue weighted by atomic mass is 10.1. The molecular weight excluding hydrogens is 238 g/mol. The average molecular weight is 255 g/mol. The summed E-state index contributed by atoms with van der Waals surface area (Å²) in [6, 6.07) is 7.99. The summed E-state index contributed by atoms with van der Waals surface area (Å²) in [5.74, 6) is 0. The van der Waals surface area contributed by atoms with Gasteiger partial charge >= 0.3 is 0 Å². The van der Waals surface area contributed by atoms with Crippen molar-refractivity contribution in [3.05, 3.63) is 29.8 Å². The lowest BCUT2D eigenvalue weighted by Crippen LogP contribution is -2.44. The van der Waals surface area contributed by atoms with Crippen LogP contribution in [0, 0.1) is 0 Å². The minimum atomic E-state index is -1.96. The molecule has 5 nitrogen and oxygen atoms in total. The Hall–Kier alpha value is -0.950. The van der Waals surface area contributed by atoms with Gasteiger partial charge in [0.05, 0.1) is 0 Å². The van der Waals surface area contributed by atoms with Gasteiger partial charge in [-0.15, -0.1) is 0 Å². The molecule has 17 heavy (non-hydrogen) atoms. The maximum Gasteiger partial charge on any atom is 0.232 e. The molecule has 0 radical (unpaired) electrons. The van der Waals surface area contributed by atoms with Crippen LogP contribution in [0.5, 0.6) is 0 Å². The summed E-state index contributed by atoms with van der Waals surface area (Å²) in [4.78, 5) is 2.30. The zero-order valence-electron chi connectivity index (χ0n) is 9.56. The molecule has 1 unspecified atom stereocenters. The minimum absolute atomic E-state index is 0.406. The van der Waals surface area contributed by atoms with Crippen LogP contribution in [0.15, 0.2) is 24.3 Å². The highest BCUT2D eigenvalue weighted by molar-refractivity contribution is 7.77. The summed E-state index contributed by atoms with van der Waals surface area (Å²) in [6.07, 6.45) is 0. The van der Waals surface area contributed by atoms with Crippen LogP contribution in [0.4, 0.5) is 5.69 Å². The van der Waals surface area contributed by atoms with E-state index >= 15 is 0 Å². The second-order valence-electron chi connectivity index (χ2n) is 3.94. The lowest BCUT2D eigenvalue weighted by molar-refractivity contribution is 0.548. The summed E-state index contributed by atoms with van der Waals surface area (Å²) in [5, 5.41) is 3.31. The smallest absolute Gasteiger partial charge is 0.232 e. The van der Waals surface area contributed by atoms with Crippen molar-refractivity contribution in [2.24, 2.45) is 0 Å². The Morgan fingerprint density at radius 2 is 2.06 bits per heavy atom. The molecule has 1 aliphatic heterocycles. The van der Waals surface area contributed by atoms with E-state index in [-0.39, 0.29) is 0 Å². The predicted octanol–water partition coefficient (Wildman–Crippen LogP) is 0.323. The fourth-order valence-electron chi connectivity index (χ4n) is 2.01. The number of hydrogen-bond acceptors (Lipinski definition) is 3. The van der Waals surface area contributed by atoms with E-state index in [1.165, 1.54) is 0 Å². The van der Waals surface area contributed by atoms with Crippen LogP contribution in [0.2, 0.25) is 0 Å². The zero-order valence-corrected chi connectivity index (χ0v) is 10.4. The maximum absolute atomic E-state index is 10.6. The van der Waals surface area contributed by atoms with Gasteiger partial charge in [-0.3, -0.25) is 4.55 Å². The van der Waals surface area contributed by atoms with Crippen LogP contribution in [-0.2, 0) is 17.8 Å². The van der Waals surface area contributed by atoms with E-state index < -0.39 is 11.3 Å². The molecule has 1 atom stereocenters. The van der Waals surface area contributed by atoms with Crippen molar-refractivity contribution in [2.75, 3.05) is 31.1 Å². The Morgan fingerprint density at radius 1 is 1.35 bits per heavy atom. The van der Waals surface area contributed by atoms with Crippen molar-refractivity contribution in [3.63, 3.8) is 0 Å². The molecule has 0 spiro atoms. The first-order valence-corrected chi connectivity index (χ1v) is 6.76. The third-order valence-electron chi connectivity index (χ3n) is 2.84. The van der Waals surface area contributed by atoms with Crippen molar-refractivity contribution in [1.29, 1.82) is 0 Å². The second kappa shape index (κ2) is 6.11. The molecule has 3 N–H and O–H groups in total. The fourth-order valence-corrected chi connectivity index (χ4v) is 2.29. The Labute approximate surface area is 104 Å².